The van der Waals surface area contributed by atoms with Crippen LogP contribution in [0.25, 0.3) is 10.9 Å². The van der Waals surface area contributed by atoms with E-state index in [9.17, 15) is 4.79 Å². The minimum absolute atomic E-state index is 0.340. The highest BCUT2D eigenvalue weighted by Crippen LogP contribution is 2.07. The fourth-order valence-corrected chi connectivity index (χ4v) is 1.27. The summed E-state index contributed by atoms with van der Waals surface area (Å²) in [5.41, 5.74) is 0.327. The Morgan fingerprint density at radius 2 is 2.21 bits per heavy atom. The van der Waals surface area contributed by atoms with Crippen molar-refractivity contribution in [2.75, 3.05) is 0 Å². The van der Waals surface area contributed by atoms with Crippen molar-refractivity contribution in [3.63, 3.8) is 0 Å². The molecule has 2 aromatic rings. The van der Waals surface area contributed by atoms with Crippen molar-refractivity contribution in [3.8, 4) is 0 Å². The molecule has 3 heteroatoms. The number of hydrogen-bond acceptors (Lipinski definition) is 3. The number of allylic oxidation sites excluding steroid dienone is 1. The van der Waals surface area contributed by atoms with Gasteiger partial charge in [-0.15, -0.1) is 6.58 Å². The van der Waals surface area contributed by atoms with E-state index >= 15 is 0 Å². The van der Waals surface area contributed by atoms with Crippen molar-refractivity contribution in [1.29, 1.82) is 0 Å². The molecule has 0 spiro atoms. The summed E-state index contributed by atoms with van der Waals surface area (Å²) in [5.74, 6) is 0.406. The van der Waals surface area contributed by atoms with Crippen LogP contribution in [-0.4, -0.2) is 4.98 Å². The molecule has 14 heavy (non-hydrogen) atoms. The van der Waals surface area contributed by atoms with Gasteiger partial charge in [-0.05, 0) is 12.1 Å². The van der Waals surface area contributed by atoms with E-state index in [0.717, 1.165) is 0 Å². The highest BCUT2D eigenvalue weighted by Gasteiger charge is 2.03. The largest absolute Gasteiger partial charge is 0.408 e. The minimum atomic E-state index is -0.340. The fourth-order valence-electron chi connectivity index (χ4n) is 1.27. The molecule has 0 bridgehead atoms. The highest BCUT2D eigenvalue weighted by atomic mass is 16.4. The lowest BCUT2D eigenvalue weighted by atomic mass is 10.2. The molecule has 0 amide bonds. The van der Waals surface area contributed by atoms with Crippen molar-refractivity contribution >= 4 is 10.9 Å². The van der Waals surface area contributed by atoms with Crippen LogP contribution in [-0.2, 0) is 6.42 Å². The number of para-hydroxylation sites is 1. The molecule has 0 radical (unpaired) electrons. The van der Waals surface area contributed by atoms with E-state index in [0.29, 0.717) is 23.2 Å². The van der Waals surface area contributed by atoms with E-state index < -0.39 is 0 Å². The van der Waals surface area contributed by atoms with Gasteiger partial charge in [-0.1, -0.05) is 18.2 Å². The van der Waals surface area contributed by atoms with Crippen LogP contribution in [0.3, 0.4) is 0 Å². The summed E-state index contributed by atoms with van der Waals surface area (Å²) in [5, 5.41) is 0.514. The molecule has 0 aliphatic carbocycles. The van der Waals surface area contributed by atoms with Crippen molar-refractivity contribution in [1.82, 2.24) is 4.98 Å². The topological polar surface area (TPSA) is 43.1 Å². The van der Waals surface area contributed by atoms with E-state index in [1.807, 2.05) is 6.07 Å². The quantitative estimate of drug-likeness (QED) is 0.674. The lowest BCUT2D eigenvalue weighted by Crippen LogP contribution is -2.04. The van der Waals surface area contributed by atoms with Crippen molar-refractivity contribution in [2.24, 2.45) is 0 Å². The summed E-state index contributed by atoms with van der Waals surface area (Å²) in [6, 6.07) is 7.12. The Kier molecular flexibility index (Phi) is 2.14. The number of nitrogens with zero attached hydrogens (tertiary/aromatic N) is 1. The van der Waals surface area contributed by atoms with Crippen LogP contribution in [0.4, 0.5) is 0 Å². The Morgan fingerprint density at radius 3 is 3.00 bits per heavy atom. The summed E-state index contributed by atoms with van der Waals surface area (Å²) >= 11 is 0. The lowest BCUT2D eigenvalue weighted by molar-refractivity contribution is 0.456. The number of hydrogen-bond donors (Lipinski definition) is 0. The van der Waals surface area contributed by atoms with Gasteiger partial charge in [-0.25, -0.2) is 9.78 Å². The third-order valence-corrected chi connectivity index (χ3v) is 1.90. The Morgan fingerprint density at radius 1 is 1.43 bits per heavy atom. The molecule has 1 aromatic carbocycles. The molecule has 70 valence electrons. The number of fused-ring (bicyclic) bond motifs is 1. The van der Waals surface area contributed by atoms with Crippen molar-refractivity contribution in [3.05, 3.63) is 53.2 Å². The molecule has 0 fully saturated rings. The first kappa shape index (κ1) is 8.69. The van der Waals surface area contributed by atoms with Crippen LogP contribution in [0, 0.1) is 0 Å². The summed E-state index contributed by atoms with van der Waals surface area (Å²) < 4.78 is 4.99. The maximum atomic E-state index is 11.4. The van der Waals surface area contributed by atoms with Crippen LogP contribution >= 0.6 is 0 Å². The Bertz CT molecular complexity index is 528. The van der Waals surface area contributed by atoms with Crippen molar-refractivity contribution < 1.29 is 4.42 Å². The van der Waals surface area contributed by atoms with E-state index in [1.165, 1.54) is 0 Å². The zero-order chi connectivity index (χ0) is 9.97. The van der Waals surface area contributed by atoms with Gasteiger partial charge in [0.1, 0.15) is 0 Å². The Balaban J connectivity index is 2.72. The standard InChI is InChI=1S/C11H9NO2/c1-2-5-10-12-9-7-4-3-6-8(9)11(13)14-10/h2-4,6-7H,1,5H2. The van der Waals surface area contributed by atoms with E-state index in [2.05, 4.69) is 11.6 Å². The SMILES string of the molecule is C=CCc1nc2ccccc2c(=O)o1. The van der Waals surface area contributed by atoms with Gasteiger partial charge in [-0.2, -0.15) is 0 Å². The van der Waals surface area contributed by atoms with Gasteiger partial charge in [0, 0.05) is 6.42 Å². The van der Waals surface area contributed by atoms with E-state index in [1.54, 1.807) is 24.3 Å². The first-order valence-corrected chi connectivity index (χ1v) is 4.31. The summed E-state index contributed by atoms with van der Waals surface area (Å²) in [6.07, 6.45) is 2.13. The maximum Gasteiger partial charge on any atom is 0.346 e. The van der Waals surface area contributed by atoms with Gasteiger partial charge < -0.3 is 4.42 Å². The second-order valence-corrected chi connectivity index (χ2v) is 2.91. The van der Waals surface area contributed by atoms with Gasteiger partial charge in [0.2, 0.25) is 5.89 Å². The Labute approximate surface area is 80.7 Å². The summed E-state index contributed by atoms with van der Waals surface area (Å²) in [4.78, 5) is 15.6. The molecule has 2 rings (SSSR count). The Hall–Kier alpha value is -1.90. The molecule has 0 atom stereocenters. The number of aromatic nitrogens is 1. The zero-order valence-corrected chi connectivity index (χ0v) is 7.56. The van der Waals surface area contributed by atoms with Crippen molar-refractivity contribution in [2.45, 2.75) is 6.42 Å². The average molecular weight is 187 g/mol. The predicted octanol–water partition coefficient (Wildman–Crippen LogP) is 1.92. The molecule has 0 saturated carbocycles. The highest BCUT2D eigenvalue weighted by molar-refractivity contribution is 5.76. The molecular formula is C11H9NO2. The molecule has 0 unspecified atom stereocenters. The van der Waals surface area contributed by atoms with Crippen LogP contribution in [0.15, 0.2) is 46.1 Å². The maximum absolute atomic E-state index is 11.4. The minimum Gasteiger partial charge on any atom is -0.408 e. The molecule has 3 nitrogen and oxygen atoms in total. The van der Waals surface area contributed by atoms with Gasteiger partial charge in [0.25, 0.3) is 0 Å². The second-order valence-electron chi connectivity index (χ2n) is 2.91. The third kappa shape index (κ3) is 1.44. The van der Waals surface area contributed by atoms with Crippen LogP contribution in [0.5, 0.6) is 0 Å². The number of rotatable bonds is 2. The zero-order valence-electron chi connectivity index (χ0n) is 7.56. The molecule has 0 aliphatic rings. The predicted molar refractivity (Wildman–Crippen MR) is 54.2 cm³/mol. The fraction of sp³-hybridized carbons (Fsp3) is 0.0909. The third-order valence-electron chi connectivity index (χ3n) is 1.90. The molecule has 0 N–H and O–H groups in total. The second kappa shape index (κ2) is 3.46. The van der Waals surface area contributed by atoms with Gasteiger partial charge in [-0.3, -0.25) is 0 Å². The van der Waals surface area contributed by atoms with Gasteiger partial charge in [0.05, 0.1) is 10.9 Å². The molecule has 1 heterocycles. The number of benzene rings is 1. The van der Waals surface area contributed by atoms with E-state index in [-0.39, 0.29) is 5.63 Å². The smallest absolute Gasteiger partial charge is 0.346 e. The van der Waals surface area contributed by atoms with Crippen LogP contribution < -0.4 is 5.63 Å². The first-order valence-electron chi connectivity index (χ1n) is 4.31. The monoisotopic (exact) mass is 187 g/mol. The molecular weight excluding hydrogens is 178 g/mol. The average Bonchev–Trinajstić information content (AvgIpc) is 2.18. The van der Waals surface area contributed by atoms with E-state index in [4.69, 9.17) is 4.42 Å². The summed E-state index contributed by atoms with van der Waals surface area (Å²) in [6.45, 7) is 3.56. The van der Waals surface area contributed by atoms with Crippen LogP contribution in [0.1, 0.15) is 5.89 Å². The first-order chi connectivity index (χ1) is 6.81. The normalized spacial score (nSPS) is 10.3. The summed E-state index contributed by atoms with van der Waals surface area (Å²) in [7, 11) is 0. The lowest BCUT2D eigenvalue weighted by Gasteiger charge is -1.97. The van der Waals surface area contributed by atoms with Gasteiger partial charge in [0.15, 0.2) is 0 Å². The molecule has 1 aromatic heterocycles. The van der Waals surface area contributed by atoms with Gasteiger partial charge >= 0.3 is 5.63 Å². The molecule has 0 aliphatic heterocycles. The van der Waals surface area contributed by atoms with Crippen LogP contribution in [0.2, 0.25) is 0 Å². The molecule has 0 saturated heterocycles.